The number of phosphoric acid groups is 1. The average Bonchev–Trinajstić information content (AvgIpc) is 3.67. The normalized spacial score (nSPS) is 35.3. The van der Waals surface area contributed by atoms with Crippen LogP contribution in [-0.4, -0.2) is 80.1 Å². The summed E-state index contributed by atoms with van der Waals surface area (Å²) >= 11 is 0. The smallest absolute Gasteiger partial charge is 0.387 e. The number of nitrogens with zero attached hydrogens (tertiary/aromatic N) is 7. The number of aromatic amines is 1. The second-order valence-electron chi connectivity index (χ2n) is 9.73. The number of imidazole rings is 2. The van der Waals surface area contributed by atoms with Crippen LogP contribution >= 0.6 is 7.82 Å². The van der Waals surface area contributed by atoms with E-state index in [-0.39, 0.29) is 29.4 Å². The van der Waals surface area contributed by atoms with E-state index in [0.29, 0.717) is 36.1 Å². The van der Waals surface area contributed by atoms with Crippen LogP contribution in [0.25, 0.3) is 22.3 Å². The summed E-state index contributed by atoms with van der Waals surface area (Å²) in [7, 11) is -4.68. The minimum absolute atomic E-state index is 0.137. The lowest BCUT2D eigenvalue weighted by molar-refractivity contribution is -0.0567. The van der Waals surface area contributed by atoms with Crippen LogP contribution in [0, 0.1) is 5.92 Å². The van der Waals surface area contributed by atoms with Crippen molar-refractivity contribution in [1.29, 1.82) is 0 Å². The number of aliphatic hydroxyl groups is 1. The number of nitrogens with two attached hydrogens (primary N) is 1. The Labute approximate surface area is 218 Å². The molecule has 2 bridgehead atoms. The highest BCUT2D eigenvalue weighted by molar-refractivity contribution is 7.47. The molecule has 5 N–H and O–H groups in total. The molecule has 7 rings (SSSR count). The molecule has 39 heavy (non-hydrogen) atoms. The Morgan fingerprint density at radius 1 is 1.03 bits per heavy atom. The number of nitrogens with one attached hydrogen (secondary N) is 1. The van der Waals surface area contributed by atoms with E-state index >= 15 is 0 Å². The number of nitrogen functional groups attached to an aromatic ring is 1. The maximum atomic E-state index is 13.0. The number of phosphoric ester groups is 1. The fraction of sp³-hybridized carbons (Fsp3) is 0.524. The van der Waals surface area contributed by atoms with E-state index < -0.39 is 44.7 Å². The number of hydrogen-bond donors (Lipinski definition) is 4. The molecule has 17 nitrogen and oxygen atoms in total. The first-order valence-corrected chi connectivity index (χ1v) is 13.8. The van der Waals surface area contributed by atoms with E-state index in [1.165, 1.54) is 29.9 Å². The lowest BCUT2D eigenvalue weighted by atomic mass is 9.92. The first-order valence-electron chi connectivity index (χ1n) is 12.3. The zero-order valence-electron chi connectivity index (χ0n) is 20.2. The highest BCUT2D eigenvalue weighted by Crippen LogP contribution is 2.52. The molecule has 3 aliphatic heterocycles. The van der Waals surface area contributed by atoms with Crippen molar-refractivity contribution in [3.05, 3.63) is 35.7 Å². The van der Waals surface area contributed by atoms with Crippen LogP contribution < -0.4 is 11.3 Å². The standard InChI is InChI=1S/C21H24N9O8P/c22-17-13-18(24-5-23-17)30(8-27-13)21-16-15(31)10(37-21)2-1-9-3-12(36-11(9)4-35-39(33,34)38-16)29-7-28-14-19(29)25-6-26-20(14)32/h5-12,15-16,21,31H,1-4H2,(H,33,34)(H2,22,23,24)(H,25,26,32)/t9-,10?,11+,12+,15+,16+,21+/m0/s1. The Balaban J connectivity index is 1.17. The Kier molecular flexibility index (Phi) is 5.78. The largest absolute Gasteiger partial charge is 0.472 e. The molecule has 0 radical (unpaired) electrons. The maximum Gasteiger partial charge on any atom is 0.472 e. The highest BCUT2D eigenvalue weighted by atomic mass is 31.2. The van der Waals surface area contributed by atoms with E-state index in [1.807, 2.05) is 0 Å². The Bertz CT molecular complexity index is 1660. The molecule has 3 fully saturated rings. The summed E-state index contributed by atoms with van der Waals surface area (Å²) in [5, 5.41) is 11.1. The van der Waals surface area contributed by atoms with Crippen LogP contribution in [0.3, 0.4) is 0 Å². The summed E-state index contributed by atoms with van der Waals surface area (Å²) < 4.78 is 39.3. The lowest BCUT2D eigenvalue weighted by Crippen LogP contribution is -2.33. The lowest BCUT2D eigenvalue weighted by Gasteiger charge is -2.25. The maximum absolute atomic E-state index is 13.0. The summed E-state index contributed by atoms with van der Waals surface area (Å²) in [4.78, 5) is 45.9. The van der Waals surface area contributed by atoms with Gasteiger partial charge in [0.05, 0.1) is 37.8 Å². The number of hydrogen-bond acceptors (Lipinski definition) is 13. The number of ether oxygens (including phenoxy) is 2. The molecule has 0 aliphatic carbocycles. The van der Waals surface area contributed by atoms with Gasteiger partial charge in [0, 0.05) is 0 Å². The van der Waals surface area contributed by atoms with Crippen molar-refractivity contribution in [2.75, 3.05) is 12.3 Å². The van der Waals surface area contributed by atoms with E-state index in [2.05, 4.69) is 29.9 Å². The summed E-state index contributed by atoms with van der Waals surface area (Å²) in [5.74, 6) is 0.0200. The summed E-state index contributed by atoms with van der Waals surface area (Å²) in [6, 6.07) is 0. The van der Waals surface area contributed by atoms with Crippen molar-refractivity contribution >= 4 is 36.0 Å². The number of aliphatic hydroxyl groups excluding tert-OH is 1. The fourth-order valence-corrected chi connectivity index (χ4v) is 6.52. The minimum Gasteiger partial charge on any atom is -0.387 e. The van der Waals surface area contributed by atoms with Gasteiger partial charge in [0.25, 0.3) is 5.56 Å². The van der Waals surface area contributed by atoms with Crippen molar-refractivity contribution in [3.8, 4) is 0 Å². The third kappa shape index (κ3) is 4.13. The molecule has 0 amide bonds. The highest BCUT2D eigenvalue weighted by Gasteiger charge is 2.51. The van der Waals surface area contributed by atoms with Crippen molar-refractivity contribution in [1.82, 2.24) is 39.0 Å². The van der Waals surface area contributed by atoms with Crippen LogP contribution in [-0.2, 0) is 23.1 Å². The number of H-pyrrole nitrogens is 1. The van der Waals surface area contributed by atoms with Gasteiger partial charge in [0.15, 0.2) is 28.9 Å². The third-order valence-electron chi connectivity index (χ3n) is 7.49. The molecule has 0 saturated carbocycles. The van der Waals surface area contributed by atoms with Crippen LogP contribution in [0.15, 0.2) is 30.1 Å². The zero-order chi connectivity index (χ0) is 26.9. The summed E-state index contributed by atoms with van der Waals surface area (Å²) in [5.41, 5.74) is 6.71. The van der Waals surface area contributed by atoms with Gasteiger partial charge in [0.2, 0.25) is 0 Å². The molecular weight excluding hydrogens is 537 g/mol. The van der Waals surface area contributed by atoms with E-state index in [4.69, 9.17) is 24.3 Å². The third-order valence-corrected chi connectivity index (χ3v) is 8.48. The van der Waals surface area contributed by atoms with Gasteiger partial charge < -0.3 is 30.2 Å². The quantitative estimate of drug-likeness (QED) is 0.236. The molecule has 18 heteroatoms. The molecule has 0 spiro atoms. The first-order chi connectivity index (χ1) is 18.8. The monoisotopic (exact) mass is 561 g/mol. The Hall–Kier alpha value is -3.31. The molecule has 3 saturated heterocycles. The average molecular weight is 561 g/mol. The second-order valence-corrected chi connectivity index (χ2v) is 11.1. The van der Waals surface area contributed by atoms with Crippen LogP contribution in [0.4, 0.5) is 5.82 Å². The summed E-state index contributed by atoms with van der Waals surface area (Å²) in [6.45, 7) is -0.230. The van der Waals surface area contributed by atoms with Gasteiger partial charge >= 0.3 is 7.82 Å². The van der Waals surface area contributed by atoms with Gasteiger partial charge in [0.1, 0.15) is 30.3 Å². The predicted molar refractivity (Wildman–Crippen MR) is 130 cm³/mol. The fourth-order valence-electron chi connectivity index (χ4n) is 5.59. The SMILES string of the molecule is Nc1ncnc2c1ncn2[C@@H]1OC2CC[C@H]3C[C@H](n4cnc5c(=O)[nH]cnc54)O[C@@H]3COP(=O)(O)O[C@@H]1[C@@H]2O. The van der Waals surface area contributed by atoms with Crippen LogP contribution in [0.2, 0.25) is 0 Å². The minimum atomic E-state index is -4.68. The van der Waals surface area contributed by atoms with Crippen molar-refractivity contribution in [2.24, 2.45) is 5.92 Å². The number of fused-ring (bicyclic) bond motifs is 5. The van der Waals surface area contributed by atoms with Gasteiger partial charge in [-0.2, -0.15) is 0 Å². The van der Waals surface area contributed by atoms with Gasteiger partial charge in [-0.15, -0.1) is 0 Å². The Morgan fingerprint density at radius 3 is 2.69 bits per heavy atom. The topological polar surface area (TPSA) is 228 Å². The Morgan fingerprint density at radius 2 is 1.82 bits per heavy atom. The second kappa shape index (κ2) is 9.12. The van der Waals surface area contributed by atoms with Crippen LogP contribution in [0.1, 0.15) is 31.7 Å². The molecule has 0 aromatic carbocycles. The van der Waals surface area contributed by atoms with Crippen molar-refractivity contribution < 1.29 is 33.1 Å². The van der Waals surface area contributed by atoms with Gasteiger partial charge in [-0.05, 0) is 25.2 Å². The van der Waals surface area contributed by atoms with Crippen LogP contribution in [0.5, 0.6) is 0 Å². The number of rotatable bonds is 2. The number of aromatic nitrogens is 8. The predicted octanol–water partition coefficient (Wildman–Crippen LogP) is -0.000300. The first kappa shape index (κ1) is 24.7. The summed E-state index contributed by atoms with van der Waals surface area (Å²) in [6.07, 6.45) is 1.49. The molecule has 4 aromatic heterocycles. The van der Waals surface area contributed by atoms with Crippen molar-refractivity contribution in [3.63, 3.8) is 0 Å². The molecule has 3 aliphatic rings. The molecule has 4 aromatic rings. The van der Waals surface area contributed by atoms with Crippen molar-refractivity contribution in [2.45, 2.75) is 56.1 Å². The van der Waals surface area contributed by atoms with E-state index in [9.17, 15) is 19.4 Å². The molecule has 206 valence electrons. The van der Waals surface area contributed by atoms with E-state index in [0.717, 1.165) is 0 Å². The molecule has 8 atom stereocenters. The molecule has 2 unspecified atom stereocenters. The van der Waals surface area contributed by atoms with E-state index in [1.54, 1.807) is 4.57 Å². The molecule has 7 heterocycles. The zero-order valence-corrected chi connectivity index (χ0v) is 21.1. The molecular formula is C21H24N9O8P. The van der Waals surface area contributed by atoms with Gasteiger partial charge in [-0.3, -0.25) is 23.0 Å². The van der Waals surface area contributed by atoms with Gasteiger partial charge in [-0.1, -0.05) is 0 Å². The number of anilines is 1. The van der Waals surface area contributed by atoms with Gasteiger partial charge in [-0.25, -0.2) is 29.5 Å².